The van der Waals surface area contributed by atoms with E-state index in [9.17, 15) is 9.90 Å². The van der Waals surface area contributed by atoms with Crippen molar-refractivity contribution in [2.75, 3.05) is 13.1 Å². The molecule has 5 heteroatoms. The lowest BCUT2D eigenvalue weighted by atomic mass is 10.1. The van der Waals surface area contributed by atoms with E-state index < -0.39 is 6.10 Å². The molecule has 0 radical (unpaired) electrons. The first kappa shape index (κ1) is 11.9. The monoisotopic (exact) mass is 236 g/mol. The number of β-amino-alcohol motifs (C(OH)–C–C–N with tert-alkyl or cyclic N) is 1. The summed E-state index contributed by atoms with van der Waals surface area (Å²) in [7, 11) is 0. The molecule has 2 atom stereocenters. The van der Waals surface area contributed by atoms with Crippen LogP contribution in [0.3, 0.4) is 0 Å². The van der Waals surface area contributed by atoms with E-state index in [1.165, 1.54) is 0 Å². The lowest BCUT2D eigenvalue weighted by Gasteiger charge is -2.15. The molecule has 2 rings (SSSR count). The van der Waals surface area contributed by atoms with Crippen molar-refractivity contribution in [1.82, 2.24) is 4.90 Å². The number of aromatic hydroxyl groups is 1. The first-order valence-electron chi connectivity index (χ1n) is 5.55. The molecule has 1 aliphatic heterocycles. The number of benzene rings is 1. The number of aliphatic hydroxyl groups excluding tert-OH is 1. The van der Waals surface area contributed by atoms with Crippen LogP contribution in [0, 0.1) is 0 Å². The van der Waals surface area contributed by atoms with Crippen molar-refractivity contribution in [2.24, 2.45) is 5.73 Å². The lowest BCUT2D eigenvalue weighted by molar-refractivity contribution is -0.129. The Kier molecular flexibility index (Phi) is 3.31. The molecule has 4 N–H and O–H groups in total. The third-order valence-corrected chi connectivity index (χ3v) is 2.98. The summed E-state index contributed by atoms with van der Waals surface area (Å²) in [5, 5.41) is 18.6. The number of carbonyl (C=O) groups excluding carboxylic acids is 1. The second-order valence-corrected chi connectivity index (χ2v) is 4.37. The van der Waals surface area contributed by atoms with Gasteiger partial charge in [-0.25, -0.2) is 0 Å². The summed E-state index contributed by atoms with van der Waals surface area (Å²) in [6.45, 7) is 0.705. The summed E-state index contributed by atoms with van der Waals surface area (Å²) < 4.78 is 0. The molecule has 17 heavy (non-hydrogen) atoms. The topological polar surface area (TPSA) is 86.8 Å². The highest BCUT2D eigenvalue weighted by atomic mass is 16.3. The van der Waals surface area contributed by atoms with E-state index in [0.717, 1.165) is 5.56 Å². The Bertz CT molecular complexity index is 395. The first-order valence-corrected chi connectivity index (χ1v) is 5.55. The Balaban J connectivity index is 1.96. The van der Waals surface area contributed by atoms with Gasteiger partial charge in [0.15, 0.2) is 0 Å². The van der Waals surface area contributed by atoms with Gasteiger partial charge in [-0.05, 0) is 17.7 Å². The van der Waals surface area contributed by atoms with Crippen LogP contribution in [0.2, 0.25) is 0 Å². The van der Waals surface area contributed by atoms with Gasteiger partial charge in [0.1, 0.15) is 5.75 Å². The Hall–Kier alpha value is -1.59. The molecular formula is C12H16N2O3. The fourth-order valence-electron chi connectivity index (χ4n) is 1.92. The van der Waals surface area contributed by atoms with E-state index in [4.69, 9.17) is 10.8 Å². The average Bonchev–Trinajstić information content (AvgIpc) is 2.63. The third-order valence-electron chi connectivity index (χ3n) is 2.98. The number of rotatable bonds is 2. The second-order valence-electron chi connectivity index (χ2n) is 4.37. The first-order chi connectivity index (χ1) is 8.06. The van der Waals surface area contributed by atoms with Crippen LogP contribution in [0.5, 0.6) is 5.75 Å². The molecule has 1 aromatic carbocycles. The van der Waals surface area contributed by atoms with E-state index in [2.05, 4.69) is 0 Å². The number of nitrogens with zero attached hydrogens (tertiary/aromatic N) is 1. The molecule has 5 nitrogen and oxygen atoms in total. The van der Waals surface area contributed by atoms with Gasteiger partial charge < -0.3 is 20.8 Å². The summed E-state index contributed by atoms with van der Waals surface area (Å²) in [6.07, 6.45) is -0.363. The van der Waals surface area contributed by atoms with Gasteiger partial charge >= 0.3 is 0 Å². The van der Waals surface area contributed by atoms with Crippen LogP contribution in [0.25, 0.3) is 0 Å². The van der Waals surface area contributed by atoms with Crippen LogP contribution in [0.4, 0.5) is 0 Å². The number of hydrogen-bond donors (Lipinski definition) is 3. The molecule has 1 heterocycles. The van der Waals surface area contributed by atoms with Crippen LogP contribution in [0.15, 0.2) is 24.3 Å². The zero-order chi connectivity index (χ0) is 12.4. The predicted octanol–water partition coefficient (Wildman–Crippen LogP) is -0.535. The van der Waals surface area contributed by atoms with Gasteiger partial charge in [0.05, 0.1) is 12.5 Å². The number of phenolic OH excluding ortho intramolecular Hbond substituents is 1. The minimum atomic E-state index is -0.626. The standard InChI is InChI=1S/C12H16N2O3/c13-10-6-14(7-11(10)16)12(17)5-8-1-3-9(15)4-2-8/h1-4,10-11,15-16H,5-7,13H2/t10-,11-/m1/s1. The molecular weight excluding hydrogens is 220 g/mol. The van der Waals surface area contributed by atoms with Gasteiger partial charge in [0.2, 0.25) is 5.91 Å². The van der Waals surface area contributed by atoms with Crippen molar-refractivity contribution in [1.29, 1.82) is 0 Å². The van der Waals surface area contributed by atoms with Crippen molar-refractivity contribution in [3.05, 3.63) is 29.8 Å². The van der Waals surface area contributed by atoms with Gasteiger partial charge in [-0.15, -0.1) is 0 Å². The van der Waals surface area contributed by atoms with Gasteiger partial charge in [0.25, 0.3) is 0 Å². The summed E-state index contributed by atoms with van der Waals surface area (Å²) in [4.78, 5) is 13.5. The van der Waals surface area contributed by atoms with Crippen LogP contribution >= 0.6 is 0 Å². The predicted molar refractivity (Wildman–Crippen MR) is 62.4 cm³/mol. The fraction of sp³-hybridized carbons (Fsp3) is 0.417. The maximum atomic E-state index is 11.9. The minimum absolute atomic E-state index is 0.0531. The number of hydrogen-bond acceptors (Lipinski definition) is 4. The molecule has 1 amide bonds. The van der Waals surface area contributed by atoms with E-state index in [1.807, 2.05) is 0 Å². The number of likely N-dealkylation sites (tertiary alicyclic amines) is 1. The van der Waals surface area contributed by atoms with E-state index in [0.29, 0.717) is 13.1 Å². The molecule has 92 valence electrons. The van der Waals surface area contributed by atoms with Crippen LogP contribution in [-0.2, 0) is 11.2 Å². The van der Waals surface area contributed by atoms with E-state index in [1.54, 1.807) is 29.2 Å². The summed E-state index contributed by atoms with van der Waals surface area (Å²) in [5.74, 6) is 0.127. The molecule has 1 aromatic rings. The SMILES string of the molecule is N[C@@H]1CN(C(=O)Cc2ccc(O)cc2)C[C@H]1O. The number of carbonyl (C=O) groups is 1. The highest BCUT2D eigenvalue weighted by Gasteiger charge is 2.31. The van der Waals surface area contributed by atoms with E-state index in [-0.39, 0.29) is 24.1 Å². The van der Waals surface area contributed by atoms with Gasteiger partial charge in [-0.2, -0.15) is 0 Å². The molecule has 1 saturated heterocycles. The Labute approximate surface area is 99.5 Å². The minimum Gasteiger partial charge on any atom is -0.508 e. The maximum absolute atomic E-state index is 11.9. The van der Waals surface area contributed by atoms with Crippen LogP contribution in [-0.4, -0.2) is 46.3 Å². The molecule has 0 aromatic heterocycles. The average molecular weight is 236 g/mol. The highest BCUT2D eigenvalue weighted by Crippen LogP contribution is 2.13. The zero-order valence-corrected chi connectivity index (χ0v) is 9.41. The quantitative estimate of drug-likeness (QED) is 0.644. The van der Waals surface area contributed by atoms with Crippen molar-refractivity contribution < 1.29 is 15.0 Å². The van der Waals surface area contributed by atoms with Crippen molar-refractivity contribution in [3.63, 3.8) is 0 Å². The van der Waals surface area contributed by atoms with Crippen molar-refractivity contribution >= 4 is 5.91 Å². The Morgan fingerprint density at radius 2 is 2.00 bits per heavy atom. The fourth-order valence-corrected chi connectivity index (χ4v) is 1.92. The molecule has 1 aliphatic rings. The zero-order valence-electron chi connectivity index (χ0n) is 9.41. The Morgan fingerprint density at radius 3 is 2.53 bits per heavy atom. The Morgan fingerprint density at radius 1 is 1.35 bits per heavy atom. The smallest absolute Gasteiger partial charge is 0.227 e. The molecule has 0 spiro atoms. The lowest BCUT2D eigenvalue weighted by Crippen LogP contribution is -2.33. The summed E-state index contributed by atoms with van der Waals surface area (Å²) in [5.41, 5.74) is 6.48. The number of phenols is 1. The van der Waals surface area contributed by atoms with Crippen molar-refractivity contribution in [3.8, 4) is 5.75 Å². The van der Waals surface area contributed by atoms with Gasteiger partial charge in [0, 0.05) is 19.1 Å². The summed E-state index contributed by atoms with van der Waals surface area (Å²) >= 11 is 0. The molecule has 0 bridgehead atoms. The van der Waals surface area contributed by atoms with Crippen molar-refractivity contribution in [2.45, 2.75) is 18.6 Å². The normalized spacial score (nSPS) is 24.0. The number of nitrogens with two attached hydrogens (primary N) is 1. The van der Waals surface area contributed by atoms with Crippen LogP contribution < -0.4 is 5.73 Å². The molecule has 0 saturated carbocycles. The van der Waals surface area contributed by atoms with Gasteiger partial charge in [-0.1, -0.05) is 12.1 Å². The molecule has 0 unspecified atom stereocenters. The third kappa shape index (κ3) is 2.75. The summed E-state index contributed by atoms with van der Waals surface area (Å²) in [6, 6.07) is 6.17. The number of aliphatic hydroxyl groups is 1. The maximum Gasteiger partial charge on any atom is 0.227 e. The highest BCUT2D eigenvalue weighted by molar-refractivity contribution is 5.79. The molecule has 1 fully saturated rings. The van der Waals surface area contributed by atoms with Crippen LogP contribution in [0.1, 0.15) is 5.56 Å². The largest absolute Gasteiger partial charge is 0.508 e. The number of amides is 1. The van der Waals surface area contributed by atoms with Gasteiger partial charge in [-0.3, -0.25) is 4.79 Å². The van der Waals surface area contributed by atoms with E-state index >= 15 is 0 Å². The second kappa shape index (κ2) is 4.73. The molecule has 0 aliphatic carbocycles.